The van der Waals surface area contributed by atoms with Gasteiger partial charge >= 0.3 is 0 Å². The lowest BCUT2D eigenvalue weighted by Gasteiger charge is -2.04. The van der Waals surface area contributed by atoms with Crippen molar-refractivity contribution in [2.24, 2.45) is 0 Å². The van der Waals surface area contributed by atoms with Gasteiger partial charge < -0.3 is 5.32 Å². The number of nitrogens with one attached hydrogen (secondary N) is 1. The molecule has 1 aromatic carbocycles. The Hall–Kier alpha value is -0.120. The smallest absolute Gasteiger partial charge is 0.0323 e. The van der Waals surface area contributed by atoms with Crippen molar-refractivity contribution in [2.45, 2.75) is 13.3 Å². The van der Waals surface area contributed by atoms with E-state index in [2.05, 4.69) is 68.4 Å². The highest BCUT2D eigenvalue weighted by Crippen LogP contribution is 2.24. The van der Waals surface area contributed by atoms with Crippen molar-refractivity contribution in [3.8, 4) is 0 Å². The molecule has 0 fully saturated rings. The Morgan fingerprint density at radius 3 is 2.60 bits per heavy atom. The van der Waals surface area contributed by atoms with Crippen LogP contribution in [0.3, 0.4) is 0 Å². The molecule has 0 bridgehead atoms. The lowest BCUT2D eigenvalue weighted by Crippen LogP contribution is -2.09. The number of hydrogen-bond acceptors (Lipinski definition) is 1. The quantitative estimate of drug-likeness (QED) is 0.870. The highest BCUT2D eigenvalue weighted by molar-refractivity contribution is 9.13. The van der Waals surface area contributed by atoms with Gasteiger partial charge in [0.1, 0.15) is 0 Å². The fourth-order valence-electron chi connectivity index (χ4n) is 1.34. The van der Waals surface area contributed by atoms with E-state index in [4.69, 9.17) is 0 Å². The van der Waals surface area contributed by atoms with Crippen LogP contribution in [0.1, 0.15) is 18.9 Å². The topological polar surface area (TPSA) is 12.0 Å². The molecule has 1 aromatic rings. The summed E-state index contributed by atoms with van der Waals surface area (Å²) in [5.41, 5.74) is 2.64. The molecule has 0 amide bonds. The van der Waals surface area contributed by atoms with Gasteiger partial charge in [0.25, 0.3) is 0 Å². The molecule has 1 nitrogen and oxygen atoms in total. The lowest BCUT2D eigenvalue weighted by molar-refractivity contribution is 0.851. The number of halogens is 2. The molecule has 0 unspecified atom stereocenters. The van der Waals surface area contributed by atoms with E-state index in [9.17, 15) is 0 Å². The zero-order valence-corrected chi connectivity index (χ0v) is 12.2. The Bertz CT molecular complexity index is 359. The van der Waals surface area contributed by atoms with Gasteiger partial charge in [-0.25, -0.2) is 0 Å². The number of hydrogen-bond donors (Lipinski definition) is 1. The molecule has 0 atom stereocenters. The standard InChI is InChI=1S/C12H15Br2N/c1-3-9(8-15-2)6-10-4-5-11(13)12(14)7-10/h4-7,15H,3,8H2,1-2H3/b9-6-. The number of likely N-dealkylation sites (N-methyl/N-ethyl adjacent to an activating group) is 1. The molecule has 1 rings (SSSR count). The van der Waals surface area contributed by atoms with Crippen molar-refractivity contribution in [1.82, 2.24) is 5.32 Å². The first kappa shape index (κ1) is 12.9. The summed E-state index contributed by atoms with van der Waals surface area (Å²) in [4.78, 5) is 0. The van der Waals surface area contributed by atoms with Crippen molar-refractivity contribution >= 4 is 37.9 Å². The molecule has 0 aliphatic heterocycles. The van der Waals surface area contributed by atoms with E-state index in [-0.39, 0.29) is 0 Å². The summed E-state index contributed by atoms with van der Waals surface area (Å²) in [7, 11) is 1.97. The predicted molar refractivity (Wildman–Crippen MR) is 74.0 cm³/mol. The zero-order chi connectivity index (χ0) is 11.3. The van der Waals surface area contributed by atoms with Gasteiger partial charge in [-0.15, -0.1) is 0 Å². The molecule has 1 N–H and O–H groups in total. The van der Waals surface area contributed by atoms with Crippen molar-refractivity contribution in [1.29, 1.82) is 0 Å². The van der Waals surface area contributed by atoms with Crippen molar-refractivity contribution in [3.05, 3.63) is 38.3 Å². The molecule has 0 aromatic heterocycles. The van der Waals surface area contributed by atoms with Gasteiger partial charge in [0.05, 0.1) is 0 Å². The van der Waals surface area contributed by atoms with E-state index in [0.29, 0.717) is 0 Å². The Morgan fingerprint density at radius 1 is 1.33 bits per heavy atom. The molecule has 0 heterocycles. The molecule has 0 aliphatic rings. The maximum absolute atomic E-state index is 3.51. The van der Waals surface area contributed by atoms with E-state index >= 15 is 0 Å². The molecule has 0 saturated heterocycles. The SMILES string of the molecule is CC/C(=C/c1ccc(Br)c(Br)c1)CNC. The second kappa shape index (κ2) is 6.46. The fraction of sp³-hybridized carbons (Fsp3) is 0.333. The first-order valence-corrected chi connectivity index (χ1v) is 6.55. The molecule has 0 spiro atoms. The minimum Gasteiger partial charge on any atom is -0.316 e. The van der Waals surface area contributed by atoms with Crippen LogP contribution in [0.15, 0.2) is 32.7 Å². The summed E-state index contributed by atoms with van der Waals surface area (Å²) >= 11 is 6.97. The van der Waals surface area contributed by atoms with Crippen LogP contribution in [0.2, 0.25) is 0 Å². The van der Waals surface area contributed by atoms with Crippen LogP contribution in [0.25, 0.3) is 6.08 Å². The minimum absolute atomic E-state index is 0.949. The van der Waals surface area contributed by atoms with Crippen molar-refractivity contribution < 1.29 is 0 Å². The van der Waals surface area contributed by atoms with Gasteiger partial charge in [-0.2, -0.15) is 0 Å². The normalized spacial score (nSPS) is 11.9. The largest absolute Gasteiger partial charge is 0.316 e. The Morgan fingerprint density at radius 2 is 2.07 bits per heavy atom. The van der Waals surface area contributed by atoms with Crippen molar-refractivity contribution in [3.63, 3.8) is 0 Å². The molecule has 0 aliphatic carbocycles. The van der Waals surface area contributed by atoms with Crippen LogP contribution in [0.5, 0.6) is 0 Å². The summed E-state index contributed by atoms with van der Waals surface area (Å²) < 4.78 is 2.18. The third-order valence-electron chi connectivity index (χ3n) is 2.17. The molecular formula is C12H15Br2N. The summed E-state index contributed by atoms with van der Waals surface area (Å²) in [5.74, 6) is 0. The maximum Gasteiger partial charge on any atom is 0.0323 e. The van der Waals surface area contributed by atoms with Crippen LogP contribution in [-0.4, -0.2) is 13.6 Å². The minimum atomic E-state index is 0.949. The molecule has 82 valence electrons. The van der Waals surface area contributed by atoms with E-state index in [0.717, 1.165) is 21.9 Å². The van der Waals surface area contributed by atoms with E-state index in [1.54, 1.807) is 0 Å². The summed E-state index contributed by atoms with van der Waals surface area (Å²) in [6, 6.07) is 6.29. The average molecular weight is 333 g/mol. The average Bonchev–Trinajstić information content (AvgIpc) is 2.23. The van der Waals surface area contributed by atoms with Crippen LogP contribution in [0.4, 0.5) is 0 Å². The molecular weight excluding hydrogens is 318 g/mol. The highest BCUT2D eigenvalue weighted by atomic mass is 79.9. The highest BCUT2D eigenvalue weighted by Gasteiger charge is 1.98. The second-order valence-corrected chi connectivity index (χ2v) is 5.07. The predicted octanol–water partition coefficient (Wildman–Crippen LogP) is 4.22. The first-order valence-electron chi connectivity index (χ1n) is 4.96. The molecule has 3 heteroatoms. The first-order chi connectivity index (χ1) is 7.17. The molecule has 0 saturated carbocycles. The van der Waals surface area contributed by atoms with E-state index < -0.39 is 0 Å². The number of rotatable bonds is 4. The van der Waals surface area contributed by atoms with Crippen molar-refractivity contribution in [2.75, 3.05) is 13.6 Å². The van der Waals surface area contributed by atoms with Gasteiger partial charge in [-0.05, 0) is 63.0 Å². The zero-order valence-electron chi connectivity index (χ0n) is 8.98. The fourth-order valence-corrected chi connectivity index (χ4v) is 1.99. The van der Waals surface area contributed by atoms with Gasteiger partial charge in [0, 0.05) is 15.5 Å². The van der Waals surface area contributed by atoms with E-state index in [1.807, 2.05) is 7.05 Å². The second-order valence-electron chi connectivity index (χ2n) is 3.36. The van der Waals surface area contributed by atoms with Crippen LogP contribution >= 0.6 is 31.9 Å². The van der Waals surface area contributed by atoms with Crippen LogP contribution in [0, 0.1) is 0 Å². The van der Waals surface area contributed by atoms with Crippen LogP contribution < -0.4 is 5.32 Å². The van der Waals surface area contributed by atoms with Gasteiger partial charge in [0.2, 0.25) is 0 Å². The molecule has 0 radical (unpaired) electrons. The summed E-state index contributed by atoms with van der Waals surface area (Å²) in [5, 5.41) is 3.18. The van der Waals surface area contributed by atoms with Gasteiger partial charge in [0.15, 0.2) is 0 Å². The third-order valence-corrected chi connectivity index (χ3v) is 4.05. The van der Waals surface area contributed by atoms with Gasteiger partial charge in [-0.1, -0.05) is 24.6 Å². The van der Waals surface area contributed by atoms with Gasteiger partial charge in [-0.3, -0.25) is 0 Å². The summed E-state index contributed by atoms with van der Waals surface area (Å²) in [6.45, 7) is 3.13. The maximum atomic E-state index is 3.51. The number of benzene rings is 1. The Balaban J connectivity index is 2.91. The molecule has 15 heavy (non-hydrogen) atoms. The lowest BCUT2D eigenvalue weighted by atomic mass is 10.1. The third kappa shape index (κ3) is 4.09. The monoisotopic (exact) mass is 331 g/mol. The van der Waals surface area contributed by atoms with Crippen LogP contribution in [-0.2, 0) is 0 Å². The van der Waals surface area contributed by atoms with E-state index in [1.165, 1.54) is 11.1 Å². The Kier molecular flexibility index (Phi) is 5.58. The Labute approximate surface area is 108 Å². The summed E-state index contributed by atoms with van der Waals surface area (Å²) in [6.07, 6.45) is 3.31.